The number of carbonyl (C=O) groups excluding carboxylic acids is 2. The lowest BCUT2D eigenvalue weighted by atomic mass is 10.0. The lowest BCUT2D eigenvalue weighted by Gasteiger charge is -2.10. The van der Waals surface area contributed by atoms with Crippen molar-refractivity contribution in [2.24, 2.45) is 5.73 Å². The SMILES string of the molecule is Cc1cc(C)c2nc(SCC(=O)Nc3ccc(C(N)=O)cc3)cc(C)c2c1. The molecule has 5 nitrogen and oxygen atoms in total. The fraction of sp³-hybridized carbons (Fsp3) is 0.190. The van der Waals surface area contributed by atoms with Crippen molar-refractivity contribution in [3.63, 3.8) is 0 Å². The molecule has 138 valence electrons. The third-order valence-corrected chi connectivity index (χ3v) is 5.15. The molecule has 0 aliphatic carbocycles. The van der Waals surface area contributed by atoms with Crippen LogP contribution in [-0.2, 0) is 4.79 Å². The molecule has 2 amide bonds. The first-order chi connectivity index (χ1) is 12.8. The van der Waals surface area contributed by atoms with Crippen molar-refractivity contribution in [3.8, 4) is 0 Å². The van der Waals surface area contributed by atoms with Gasteiger partial charge in [0.15, 0.2) is 0 Å². The predicted octanol–water partition coefficient (Wildman–Crippen LogP) is 3.99. The molecule has 0 aliphatic heterocycles. The van der Waals surface area contributed by atoms with Gasteiger partial charge in [0.1, 0.15) is 0 Å². The van der Waals surface area contributed by atoms with Gasteiger partial charge in [-0.25, -0.2) is 4.98 Å². The highest BCUT2D eigenvalue weighted by Crippen LogP contribution is 2.27. The Morgan fingerprint density at radius 3 is 2.41 bits per heavy atom. The van der Waals surface area contributed by atoms with E-state index in [1.807, 2.05) is 6.07 Å². The van der Waals surface area contributed by atoms with E-state index in [4.69, 9.17) is 10.7 Å². The van der Waals surface area contributed by atoms with Crippen molar-refractivity contribution >= 4 is 40.2 Å². The van der Waals surface area contributed by atoms with Crippen LogP contribution in [0.1, 0.15) is 27.0 Å². The number of aromatic nitrogens is 1. The predicted molar refractivity (Wildman–Crippen MR) is 110 cm³/mol. The van der Waals surface area contributed by atoms with Crippen LogP contribution >= 0.6 is 11.8 Å². The summed E-state index contributed by atoms with van der Waals surface area (Å²) in [6.45, 7) is 6.20. The first-order valence-electron chi connectivity index (χ1n) is 8.54. The Kier molecular flexibility index (Phi) is 5.46. The number of primary amides is 1. The number of thioether (sulfide) groups is 1. The molecule has 3 rings (SSSR count). The summed E-state index contributed by atoms with van der Waals surface area (Å²) in [7, 11) is 0. The van der Waals surface area contributed by atoms with E-state index in [0.29, 0.717) is 11.3 Å². The van der Waals surface area contributed by atoms with Crippen LogP contribution in [0.4, 0.5) is 5.69 Å². The molecule has 6 heteroatoms. The Morgan fingerprint density at radius 2 is 1.74 bits per heavy atom. The van der Waals surface area contributed by atoms with E-state index >= 15 is 0 Å². The van der Waals surface area contributed by atoms with Crippen LogP contribution < -0.4 is 11.1 Å². The summed E-state index contributed by atoms with van der Waals surface area (Å²) in [5, 5.41) is 4.78. The van der Waals surface area contributed by atoms with Crippen LogP contribution in [0.2, 0.25) is 0 Å². The smallest absolute Gasteiger partial charge is 0.248 e. The molecular formula is C21H21N3O2S. The minimum atomic E-state index is -0.494. The summed E-state index contributed by atoms with van der Waals surface area (Å²) in [6.07, 6.45) is 0. The van der Waals surface area contributed by atoms with E-state index in [-0.39, 0.29) is 11.7 Å². The fourth-order valence-electron chi connectivity index (χ4n) is 2.94. The number of hydrogen-bond acceptors (Lipinski definition) is 4. The van der Waals surface area contributed by atoms with Gasteiger partial charge >= 0.3 is 0 Å². The van der Waals surface area contributed by atoms with Crippen LogP contribution in [0.5, 0.6) is 0 Å². The van der Waals surface area contributed by atoms with Crippen LogP contribution in [0.15, 0.2) is 47.5 Å². The highest BCUT2D eigenvalue weighted by Gasteiger charge is 2.09. The second kappa shape index (κ2) is 7.80. The van der Waals surface area contributed by atoms with Gasteiger partial charge in [-0.2, -0.15) is 0 Å². The van der Waals surface area contributed by atoms with Gasteiger partial charge in [0.25, 0.3) is 0 Å². The first-order valence-corrected chi connectivity index (χ1v) is 9.53. The highest BCUT2D eigenvalue weighted by atomic mass is 32.2. The van der Waals surface area contributed by atoms with Crippen LogP contribution in [0.3, 0.4) is 0 Å². The van der Waals surface area contributed by atoms with Crippen molar-refractivity contribution < 1.29 is 9.59 Å². The number of nitrogens with two attached hydrogens (primary N) is 1. The molecule has 0 aliphatic rings. The van der Waals surface area contributed by atoms with E-state index in [1.54, 1.807) is 24.3 Å². The third kappa shape index (κ3) is 4.46. The summed E-state index contributed by atoms with van der Waals surface area (Å²) in [5.41, 5.74) is 10.7. The lowest BCUT2D eigenvalue weighted by molar-refractivity contribution is -0.113. The number of nitrogens with one attached hydrogen (secondary N) is 1. The summed E-state index contributed by atoms with van der Waals surface area (Å²) in [5.74, 6) is -0.376. The normalized spacial score (nSPS) is 10.8. The molecule has 3 N–H and O–H groups in total. The number of rotatable bonds is 5. The number of carbonyl (C=O) groups is 2. The molecule has 0 unspecified atom stereocenters. The molecule has 0 fully saturated rings. The number of amides is 2. The average Bonchev–Trinajstić information content (AvgIpc) is 2.61. The zero-order valence-corrected chi connectivity index (χ0v) is 16.3. The zero-order chi connectivity index (χ0) is 19.6. The molecule has 1 heterocycles. The molecule has 0 saturated carbocycles. The zero-order valence-electron chi connectivity index (χ0n) is 15.5. The van der Waals surface area contributed by atoms with Gasteiger partial charge in [-0.05, 0) is 68.3 Å². The minimum absolute atomic E-state index is 0.132. The quantitative estimate of drug-likeness (QED) is 0.657. The molecule has 3 aromatic rings. The van der Waals surface area contributed by atoms with Gasteiger partial charge in [-0.15, -0.1) is 0 Å². The Morgan fingerprint density at radius 1 is 1.04 bits per heavy atom. The number of hydrogen-bond donors (Lipinski definition) is 2. The molecule has 0 radical (unpaired) electrons. The number of aryl methyl sites for hydroxylation is 3. The minimum Gasteiger partial charge on any atom is -0.366 e. The Hall–Kier alpha value is -2.86. The maximum Gasteiger partial charge on any atom is 0.248 e. The summed E-state index contributed by atoms with van der Waals surface area (Å²) < 4.78 is 0. The van der Waals surface area contributed by atoms with Crippen LogP contribution in [0, 0.1) is 20.8 Å². The van der Waals surface area contributed by atoms with Crippen molar-refractivity contribution in [2.45, 2.75) is 25.8 Å². The van der Waals surface area contributed by atoms with Crippen molar-refractivity contribution in [1.82, 2.24) is 4.98 Å². The van der Waals surface area contributed by atoms with Gasteiger partial charge in [0, 0.05) is 16.6 Å². The van der Waals surface area contributed by atoms with E-state index in [1.165, 1.54) is 17.3 Å². The van der Waals surface area contributed by atoms with Gasteiger partial charge in [0.2, 0.25) is 11.8 Å². The number of benzene rings is 2. The number of nitrogens with zero attached hydrogens (tertiary/aromatic N) is 1. The third-order valence-electron chi connectivity index (χ3n) is 4.24. The topological polar surface area (TPSA) is 85.1 Å². The molecule has 0 atom stereocenters. The largest absolute Gasteiger partial charge is 0.366 e. The van der Waals surface area contributed by atoms with E-state index in [0.717, 1.165) is 27.1 Å². The number of anilines is 1. The number of fused-ring (bicyclic) bond motifs is 1. The average molecular weight is 379 g/mol. The molecule has 0 saturated heterocycles. The van der Waals surface area contributed by atoms with Gasteiger partial charge < -0.3 is 11.1 Å². The molecule has 27 heavy (non-hydrogen) atoms. The summed E-state index contributed by atoms with van der Waals surface area (Å²) >= 11 is 1.40. The maximum atomic E-state index is 12.2. The number of pyridine rings is 1. The van der Waals surface area contributed by atoms with Crippen LogP contribution in [0.25, 0.3) is 10.9 Å². The first kappa shape index (κ1) is 18.9. The van der Waals surface area contributed by atoms with Gasteiger partial charge in [-0.1, -0.05) is 23.4 Å². The van der Waals surface area contributed by atoms with E-state index in [9.17, 15) is 9.59 Å². The maximum absolute atomic E-state index is 12.2. The van der Waals surface area contributed by atoms with E-state index in [2.05, 4.69) is 38.2 Å². The molecule has 1 aromatic heterocycles. The van der Waals surface area contributed by atoms with Crippen molar-refractivity contribution in [2.75, 3.05) is 11.1 Å². The Balaban J connectivity index is 1.69. The fourth-order valence-corrected chi connectivity index (χ4v) is 3.71. The Bertz CT molecular complexity index is 1030. The van der Waals surface area contributed by atoms with Crippen molar-refractivity contribution in [3.05, 3.63) is 64.7 Å². The van der Waals surface area contributed by atoms with E-state index < -0.39 is 5.91 Å². The molecule has 0 spiro atoms. The van der Waals surface area contributed by atoms with Gasteiger partial charge in [-0.3, -0.25) is 9.59 Å². The molecular weight excluding hydrogens is 358 g/mol. The lowest BCUT2D eigenvalue weighted by Crippen LogP contribution is -2.15. The Labute approximate surface area is 162 Å². The van der Waals surface area contributed by atoms with Gasteiger partial charge in [0.05, 0.1) is 16.3 Å². The van der Waals surface area contributed by atoms with Crippen molar-refractivity contribution in [1.29, 1.82) is 0 Å². The second-order valence-corrected chi connectivity index (χ2v) is 7.53. The standard InChI is InChI=1S/C21H21N3O2S/c1-12-8-14(3)20-17(9-12)13(2)10-19(24-20)27-11-18(25)23-16-6-4-15(5-7-16)21(22)26/h4-10H,11H2,1-3H3,(H2,22,26)(H,23,25). The second-order valence-electron chi connectivity index (χ2n) is 6.53. The molecule has 2 aromatic carbocycles. The molecule has 0 bridgehead atoms. The summed E-state index contributed by atoms with van der Waals surface area (Å²) in [6, 6.07) is 12.8. The summed E-state index contributed by atoms with van der Waals surface area (Å²) in [4.78, 5) is 28.0. The van der Waals surface area contributed by atoms with Crippen LogP contribution in [-0.4, -0.2) is 22.6 Å². The highest BCUT2D eigenvalue weighted by molar-refractivity contribution is 7.99. The monoisotopic (exact) mass is 379 g/mol.